The maximum atomic E-state index is 12.6. The second-order valence-electron chi connectivity index (χ2n) is 6.86. The lowest BCUT2D eigenvalue weighted by atomic mass is 9.90. The molecule has 2 aromatic rings. The Morgan fingerprint density at radius 1 is 1.38 bits per heavy atom. The molecule has 2 N–H and O–H groups in total. The summed E-state index contributed by atoms with van der Waals surface area (Å²) in [4.78, 5) is 18.9. The fourth-order valence-corrected chi connectivity index (χ4v) is 3.59. The van der Waals surface area contributed by atoms with Crippen LogP contribution in [0.2, 0.25) is 0 Å². The quantitative estimate of drug-likeness (QED) is 0.860. The lowest BCUT2D eigenvalue weighted by Crippen LogP contribution is -2.51. The van der Waals surface area contributed by atoms with Crippen LogP contribution < -0.4 is 10.5 Å². The number of amides is 1. The van der Waals surface area contributed by atoms with Crippen molar-refractivity contribution < 1.29 is 13.9 Å². The third kappa shape index (κ3) is 4.07. The Labute approximate surface area is 154 Å². The highest BCUT2D eigenvalue weighted by Crippen LogP contribution is 2.25. The molecule has 0 radical (unpaired) electrons. The van der Waals surface area contributed by atoms with Crippen molar-refractivity contribution in [1.82, 2.24) is 9.88 Å². The minimum atomic E-state index is 0.135. The number of nitrogens with two attached hydrogens (primary N) is 1. The van der Waals surface area contributed by atoms with Gasteiger partial charge in [-0.25, -0.2) is 4.98 Å². The highest BCUT2D eigenvalue weighted by Gasteiger charge is 2.30. The van der Waals surface area contributed by atoms with Gasteiger partial charge in [0.25, 0.3) is 0 Å². The second-order valence-corrected chi connectivity index (χ2v) is 6.86. The smallest absolute Gasteiger partial charge is 0.223 e. The van der Waals surface area contributed by atoms with Gasteiger partial charge in [0.2, 0.25) is 5.91 Å². The topological polar surface area (TPSA) is 81.6 Å². The van der Waals surface area contributed by atoms with Crippen LogP contribution in [-0.2, 0) is 11.2 Å². The van der Waals surface area contributed by atoms with E-state index in [9.17, 15) is 4.79 Å². The van der Waals surface area contributed by atoms with Crippen LogP contribution in [0.25, 0.3) is 11.3 Å². The monoisotopic (exact) mass is 357 g/mol. The van der Waals surface area contributed by atoms with Gasteiger partial charge in [0, 0.05) is 37.5 Å². The Hall–Kier alpha value is -2.34. The lowest BCUT2D eigenvalue weighted by Gasteiger charge is -2.39. The first-order valence-electron chi connectivity index (χ1n) is 9.21. The Bertz CT molecular complexity index is 726. The van der Waals surface area contributed by atoms with Gasteiger partial charge in [-0.3, -0.25) is 4.79 Å². The summed E-state index contributed by atoms with van der Waals surface area (Å²) in [7, 11) is 1.64. The van der Waals surface area contributed by atoms with Gasteiger partial charge >= 0.3 is 0 Å². The third-order valence-corrected chi connectivity index (χ3v) is 5.16. The predicted molar refractivity (Wildman–Crippen MR) is 99.8 cm³/mol. The average molecular weight is 357 g/mol. The maximum absolute atomic E-state index is 12.6. The fraction of sp³-hybridized carbons (Fsp3) is 0.500. The number of nitrogens with zero attached hydrogens (tertiary/aromatic N) is 2. The minimum absolute atomic E-state index is 0.135. The van der Waals surface area contributed by atoms with Gasteiger partial charge in [0.1, 0.15) is 5.75 Å². The predicted octanol–water partition coefficient (Wildman–Crippen LogP) is 2.87. The number of likely N-dealkylation sites (tertiary alicyclic amines) is 1. The van der Waals surface area contributed by atoms with Gasteiger partial charge in [-0.1, -0.05) is 6.92 Å². The van der Waals surface area contributed by atoms with Crippen molar-refractivity contribution in [3.8, 4) is 17.1 Å². The first-order chi connectivity index (χ1) is 12.6. The Balaban J connectivity index is 1.59. The highest BCUT2D eigenvalue weighted by atomic mass is 16.5. The van der Waals surface area contributed by atoms with E-state index in [1.165, 1.54) is 0 Å². The number of methoxy groups -OCH3 is 1. The number of carbonyl (C=O) groups excluding carboxylic acids is 1. The number of hydrogen-bond acceptors (Lipinski definition) is 5. The van der Waals surface area contributed by atoms with Gasteiger partial charge in [-0.2, -0.15) is 0 Å². The SMILES string of the molecule is COc1ccc(-c2cnc(CCC(=O)N3CCC[C@H](C)[C@@H]3CN)o2)cc1. The van der Waals surface area contributed by atoms with Crippen molar-refractivity contribution in [3.05, 3.63) is 36.4 Å². The molecule has 0 saturated carbocycles. The number of benzene rings is 1. The third-order valence-electron chi connectivity index (χ3n) is 5.16. The summed E-state index contributed by atoms with van der Waals surface area (Å²) in [5, 5.41) is 0. The van der Waals surface area contributed by atoms with Crippen LogP contribution in [-0.4, -0.2) is 42.0 Å². The Morgan fingerprint density at radius 2 is 2.15 bits per heavy atom. The van der Waals surface area contributed by atoms with Crippen LogP contribution in [0, 0.1) is 5.92 Å². The van der Waals surface area contributed by atoms with E-state index in [0.717, 1.165) is 30.7 Å². The summed E-state index contributed by atoms with van der Waals surface area (Å²) in [6.07, 6.45) is 4.77. The molecule has 1 aliphatic rings. The van der Waals surface area contributed by atoms with E-state index in [4.69, 9.17) is 14.9 Å². The molecule has 2 atom stereocenters. The molecule has 1 saturated heterocycles. The molecule has 6 nitrogen and oxygen atoms in total. The molecule has 0 bridgehead atoms. The van der Waals surface area contributed by atoms with Crippen LogP contribution in [0.1, 0.15) is 32.1 Å². The molecule has 1 amide bonds. The van der Waals surface area contributed by atoms with E-state index in [0.29, 0.717) is 37.0 Å². The molecular weight excluding hydrogens is 330 g/mol. The number of aryl methyl sites for hydroxylation is 1. The van der Waals surface area contributed by atoms with Crippen LogP contribution >= 0.6 is 0 Å². The molecule has 1 aromatic carbocycles. The first kappa shape index (κ1) is 18.5. The normalized spacial score (nSPS) is 20.2. The lowest BCUT2D eigenvalue weighted by molar-refractivity contribution is -0.136. The molecule has 1 fully saturated rings. The summed E-state index contributed by atoms with van der Waals surface area (Å²) >= 11 is 0. The zero-order chi connectivity index (χ0) is 18.5. The number of rotatable bonds is 6. The Kier molecular flexibility index (Phi) is 5.93. The van der Waals surface area contributed by atoms with E-state index >= 15 is 0 Å². The molecule has 2 heterocycles. The highest BCUT2D eigenvalue weighted by molar-refractivity contribution is 5.77. The van der Waals surface area contributed by atoms with E-state index in [-0.39, 0.29) is 11.9 Å². The molecule has 0 aliphatic carbocycles. The number of hydrogen-bond donors (Lipinski definition) is 1. The fourth-order valence-electron chi connectivity index (χ4n) is 3.59. The van der Waals surface area contributed by atoms with Crippen LogP contribution in [0.5, 0.6) is 5.75 Å². The van der Waals surface area contributed by atoms with Crippen molar-refractivity contribution in [2.45, 2.75) is 38.6 Å². The molecule has 0 spiro atoms. The van der Waals surface area contributed by atoms with Crippen molar-refractivity contribution in [1.29, 1.82) is 0 Å². The van der Waals surface area contributed by atoms with E-state index in [1.807, 2.05) is 29.2 Å². The molecule has 6 heteroatoms. The molecule has 26 heavy (non-hydrogen) atoms. The molecule has 1 aromatic heterocycles. The Morgan fingerprint density at radius 3 is 2.85 bits per heavy atom. The van der Waals surface area contributed by atoms with Crippen LogP contribution in [0.4, 0.5) is 0 Å². The van der Waals surface area contributed by atoms with Crippen LogP contribution in [0.15, 0.2) is 34.9 Å². The number of aromatic nitrogens is 1. The van der Waals surface area contributed by atoms with Gasteiger partial charge in [-0.15, -0.1) is 0 Å². The zero-order valence-corrected chi connectivity index (χ0v) is 15.5. The van der Waals surface area contributed by atoms with E-state index in [1.54, 1.807) is 13.3 Å². The van der Waals surface area contributed by atoms with Crippen molar-refractivity contribution in [2.24, 2.45) is 11.7 Å². The standard InChI is InChI=1S/C20H27N3O3/c1-14-4-3-11-23(17(14)12-21)20(24)10-9-19-22-13-18(26-19)15-5-7-16(25-2)8-6-15/h5-8,13-14,17H,3-4,9-12,21H2,1-2H3/t14-,17-/m0/s1. The summed E-state index contributed by atoms with van der Waals surface area (Å²) in [5.41, 5.74) is 6.82. The van der Waals surface area contributed by atoms with Gasteiger partial charge < -0.3 is 19.8 Å². The maximum Gasteiger partial charge on any atom is 0.223 e. The summed E-state index contributed by atoms with van der Waals surface area (Å²) < 4.78 is 11.0. The molecule has 0 unspecified atom stereocenters. The van der Waals surface area contributed by atoms with Crippen molar-refractivity contribution in [2.75, 3.05) is 20.2 Å². The molecule has 1 aliphatic heterocycles. The number of ether oxygens (including phenoxy) is 1. The number of carbonyl (C=O) groups is 1. The van der Waals surface area contributed by atoms with Gasteiger partial charge in [-0.05, 0) is 43.0 Å². The van der Waals surface area contributed by atoms with E-state index in [2.05, 4.69) is 11.9 Å². The largest absolute Gasteiger partial charge is 0.497 e. The zero-order valence-electron chi connectivity index (χ0n) is 15.5. The van der Waals surface area contributed by atoms with Gasteiger partial charge in [0.05, 0.1) is 13.3 Å². The summed E-state index contributed by atoms with van der Waals surface area (Å²) in [5.74, 6) is 2.67. The summed E-state index contributed by atoms with van der Waals surface area (Å²) in [6, 6.07) is 7.76. The minimum Gasteiger partial charge on any atom is -0.497 e. The number of piperidine rings is 1. The molecule has 140 valence electrons. The second kappa shape index (κ2) is 8.36. The average Bonchev–Trinajstić information content (AvgIpc) is 3.15. The molecule has 3 rings (SSSR count). The van der Waals surface area contributed by atoms with Crippen molar-refractivity contribution in [3.63, 3.8) is 0 Å². The van der Waals surface area contributed by atoms with Gasteiger partial charge in [0.15, 0.2) is 11.7 Å². The van der Waals surface area contributed by atoms with Crippen molar-refractivity contribution >= 4 is 5.91 Å². The van der Waals surface area contributed by atoms with Crippen LogP contribution in [0.3, 0.4) is 0 Å². The van der Waals surface area contributed by atoms with E-state index < -0.39 is 0 Å². The molecular formula is C20H27N3O3. The number of oxazole rings is 1. The summed E-state index contributed by atoms with van der Waals surface area (Å²) in [6.45, 7) is 3.49. The first-order valence-corrected chi connectivity index (χ1v) is 9.21.